The predicted octanol–water partition coefficient (Wildman–Crippen LogP) is 4.45. The van der Waals surface area contributed by atoms with Crippen LogP contribution in [0.5, 0.6) is 0 Å². The Morgan fingerprint density at radius 2 is 2.37 bits per heavy atom. The van der Waals surface area contributed by atoms with E-state index in [1.807, 2.05) is 29.5 Å². The molecule has 1 heterocycles. The minimum atomic E-state index is 0.429. The van der Waals surface area contributed by atoms with Crippen molar-refractivity contribution in [2.45, 2.75) is 32.2 Å². The fraction of sp³-hybridized carbons (Fsp3) is 0.400. The molecule has 3 rings (SSSR count). The number of nitrogens with zero attached hydrogens (tertiary/aromatic N) is 1. The van der Waals surface area contributed by atoms with Crippen LogP contribution in [-0.4, -0.2) is 11.5 Å². The third kappa shape index (κ3) is 2.69. The highest BCUT2D eigenvalue weighted by atomic mass is 35.5. The first-order valence-corrected chi connectivity index (χ1v) is 7.96. The zero-order valence-corrected chi connectivity index (χ0v) is 12.5. The van der Waals surface area contributed by atoms with Crippen LogP contribution in [0.1, 0.15) is 36.4 Å². The maximum atomic E-state index is 6.06. The van der Waals surface area contributed by atoms with E-state index in [0.29, 0.717) is 6.04 Å². The van der Waals surface area contributed by atoms with Crippen LogP contribution >= 0.6 is 22.9 Å². The van der Waals surface area contributed by atoms with Crippen molar-refractivity contribution >= 4 is 22.9 Å². The van der Waals surface area contributed by atoms with Gasteiger partial charge in [-0.1, -0.05) is 30.7 Å². The lowest BCUT2D eigenvalue weighted by Gasteiger charge is -2.21. The summed E-state index contributed by atoms with van der Waals surface area (Å²) in [7, 11) is 0. The number of hydrogen-bond acceptors (Lipinski definition) is 3. The zero-order valence-electron chi connectivity index (χ0n) is 10.9. The summed E-state index contributed by atoms with van der Waals surface area (Å²) in [6.45, 7) is 3.15. The monoisotopic (exact) mass is 292 g/mol. The highest BCUT2D eigenvalue weighted by molar-refractivity contribution is 7.15. The molecule has 0 radical (unpaired) electrons. The summed E-state index contributed by atoms with van der Waals surface area (Å²) in [4.78, 5) is 6.30. The molecule has 19 heavy (non-hydrogen) atoms. The SMILES string of the molecule is CCNC1CCCc2sc(-c3cccc(Cl)c3)nc21. The molecule has 4 heteroatoms. The van der Waals surface area contributed by atoms with Gasteiger partial charge in [0.1, 0.15) is 5.01 Å². The average Bonchev–Trinajstić information content (AvgIpc) is 2.84. The first kappa shape index (κ1) is 13.1. The van der Waals surface area contributed by atoms with Crippen molar-refractivity contribution in [2.75, 3.05) is 6.54 Å². The Morgan fingerprint density at radius 3 is 3.16 bits per heavy atom. The van der Waals surface area contributed by atoms with E-state index in [2.05, 4.69) is 18.3 Å². The lowest BCUT2D eigenvalue weighted by molar-refractivity contribution is 0.465. The van der Waals surface area contributed by atoms with Crippen molar-refractivity contribution in [2.24, 2.45) is 0 Å². The molecule has 0 amide bonds. The zero-order chi connectivity index (χ0) is 13.2. The van der Waals surface area contributed by atoms with Gasteiger partial charge in [0.05, 0.1) is 11.7 Å². The number of aromatic nitrogens is 1. The van der Waals surface area contributed by atoms with Gasteiger partial charge in [0.2, 0.25) is 0 Å². The average molecular weight is 293 g/mol. The third-order valence-electron chi connectivity index (χ3n) is 3.48. The van der Waals surface area contributed by atoms with Crippen LogP contribution in [0.3, 0.4) is 0 Å². The molecule has 0 spiro atoms. The van der Waals surface area contributed by atoms with E-state index in [1.165, 1.54) is 23.4 Å². The lowest BCUT2D eigenvalue weighted by Crippen LogP contribution is -2.24. The van der Waals surface area contributed by atoms with Gasteiger partial charge in [0.15, 0.2) is 0 Å². The maximum absolute atomic E-state index is 6.06. The van der Waals surface area contributed by atoms with Crippen LogP contribution in [-0.2, 0) is 6.42 Å². The van der Waals surface area contributed by atoms with Crippen LogP contribution in [0.4, 0.5) is 0 Å². The summed E-state index contributed by atoms with van der Waals surface area (Å²) in [6.07, 6.45) is 3.61. The van der Waals surface area contributed by atoms with Crippen LogP contribution < -0.4 is 5.32 Å². The van der Waals surface area contributed by atoms with Crippen LogP contribution in [0.2, 0.25) is 5.02 Å². The van der Waals surface area contributed by atoms with E-state index in [9.17, 15) is 0 Å². The number of halogens is 1. The Balaban J connectivity index is 1.97. The minimum Gasteiger partial charge on any atom is -0.309 e. The van der Waals surface area contributed by atoms with Crippen LogP contribution in [0.25, 0.3) is 10.6 Å². The minimum absolute atomic E-state index is 0.429. The van der Waals surface area contributed by atoms with Crippen LogP contribution in [0, 0.1) is 0 Å². The van der Waals surface area contributed by atoms with E-state index >= 15 is 0 Å². The summed E-state index contributed by atoms with van der Waals surface area (Å²) in [5.41, 5.74) is 2.38. The number of nitrogens with one attached hydrogen (secondary N) is 1. The van der Waals surface area contributed by atoms with Gasteiger partial charge in [0.25, 0.3) is 0 Å². The lowest BCUT2D eigenvalue weighted by atomic mass is 9.98. The maximum Gasteiger partial charge on any atom is 0.123 e. The fourth-order valence-corrected chi connectivity index (χ4v) is 3.96. The van der Waals surface area contributed by atoms with Crippen molar-refractivity contribution in [3.8, 4) is 10.6 Å². The van der Waals surface area contributed by atoms with Gasteiger partial charge in [-0.2, -0.15) is 0 Å². The molecule has 2 aromatic rings. The van der Waals surface area contributed by atoms with Gasteiger partial charge in [0, 0.05) is 15.5 Å². The van der Waals surface area contributed by atoms with E-state index in [0.717, 1.165) is 28.6 Å². The molecule has 2 nitrogen and oxygen atoms in total. The third-order valence-corrected chi connectivity index (χ3v) is 4.89. The molecule has 1 aromatic heterocycles. The van der Waals surface area contributed by atoms with Crippen molar-refractivity contribution in [3.63, 3.8) is 0 Å². The number of benzene rings is 1. The van der Waals surface area contributed by atoms with Crippen molar-refractivity contribution in [3.05, 3.63) is 39.9 Å². The second-order valence-corrected chi connectivity index (χ2v) is 6.36. The second kappa shape index (κ2) is 5.61. The predicted molar refractivity (Wildman–Crippen MR) is 81.9 cm³/mol. The number of thiazole rings is 1. The molecule has 0 aliphatic heterocycles. The molecule has 1 aromatic carbocycles. The van der Waals surface area contributed by atoms with E-state index < -0.39 is 0 Å². The molecule has 1 aliphatic carbocycles. The van der Waals surface area contributed by atoms with Gasteiger partial charge in [-0.25, -0.2) is 4.98 Å². The second-order valence-electron chi connectivity index (χ2n) is 4.84. The topological polar surface area (TPSA) is 24.9 Å². The Morgan fingerprint density at radius 1 is 1.47 bits per heavy atom. The molecule has 0 fully saturated rings. The first-order valence-electron chi connectivity index (χ1n) is 6.77. The van der Waals surface area contributed by atoms with Gasteiger partial charge in [-0.05, 0) is 37.9 Å². The molecule has 1 unspecified atom stereocenters. The van der Waals surface area contributed by atoms with Gasteiger partial charge in [-0.15, -0.1) is 11.3 Å². The molecule has 1 atom stereocenters. The number of rotatable bonds is 3. The first-order chi connectivity index (χ1) is 9.28. The quantitative estimate of drug-likeness (QED) is 0.904. The Hall–Kier alpha value is -0.900. The summed E-state index contributed by atoms with van der Waals surface area (Å²) in [5, 5.41) is 5.40. The Kier molecular flexibility index (Phi) is 3.87. The van der Waals surface area contributed by atoms with Gasteiger partial charge >= 0.3 is 0 Å². The molecule has 0 saturated heterocycles. The number of fused-ring (bicyclic) bond motifs is 1. The number of hydrogen-bond donors (Lipinski definition) is 1. The molecule has 0 bridgehead atoms. The van der Waals surface area contributed by atoms with Crippen molar-refractivity contribution in [1.82, 2.24) is 10.3 Å². The van der Waals surface area contributed by atoms with E-state index in [4.69, 9.17) is 16.6 Å². The van der Waals surface area contributed by atoms with Crippen LogP contribution in [0.15, 0.2) is 24.3 Å². The molecule has 0 saturated carbocycles. The Labute approximate surface area is 122 Å². The summed E-state index contributed by atoms with van der Waals surface area (Å²) in [6, 6.07) is 8.39. The molecular weight excluding hydrogens is 276 g/mol. The van der Waals surface area contributed by atoms with Gasteiger partial charge < -0.3 is 5.32 Å². The summed E-state index contributed by atoms with van der Waals surface area (Å²) < 4.78 is 0. The Bertz CT molecular complexity index is 579. The smallest absolute Gasteiger partial charge is 0.123 e. The summed E-state index contributed by atoms with van der Waals surface area (Å²) >= 11 is 7.88. The normalized spacial score (nSPS) is 18.3. The van der Waals surface area contributed by atoms with Gasteiger partial charge in [-0.3, -0.25) is 0 Å². The standard InChI is InChI=1S/C15H17ClN2S/c1-2-17-12-7-4-8-13-14(12)18-15(19-13)10-5-3-6-11(16)9-10/h3,5-6,9,12,17H,2,4,7-8H2,1H3. The fourth-order valence-electron chi connectivity index (χ4n) is 2.61. The largest absolute Gasteiger partial charge is 0.309 e. The molecule has 1 N–H and O–H groups in total. The summed E-state index contributed by atoms with van der Waals surface area (Å²) in [5.74, 6) is 0. The van der Waals surface area contributed by atoms with Crippen molar-refractivity contribution < 1.29 is 0 Å². The molecule has 1 aliphatic rings. The highest BCUT2D eigenvalue weighted by Gasteiger charge is 2.24. The molecular formula is C15H17ClN2S. The van der Waals surface area contributed by atoms with E-state index in [-0.39, 0.29) is 0 Å². The number of aryl methyl sites for hydroxylation is 1. The van der Waals surface area contributed by atoms with Crippen molar-refractivity contribution in [1.29, 1.82) is 0 Å². The van der Waals surface area contributed by atoms with E-state index in [1.54, 1.807) is 0 Å². The highest BCUT2D eigenvalue weighted by Crippen LogP contribution is 2.37. The molecule has 100 valence electrons.